The first-order valence-electron chi connectivity index (χ1n) is 8.81. The minimum Gasteiger partial charge on any atom is -0.494 e. The number of H-pyrrole nitrogens is 1. The number of nitrogens with one attached hydrogen (secondary N) is 2. The first-order valence-corrected chi connectivity index (χ1v) is 8.81. The van der Waals surface area contributed by atoms with Crippen LogP contribution in [0.5, 0.6) is 5.88 Å². The average Bonchev–Trinajstić information content (AvgIpc) is 3.04. The Kier molecular flexibility index (Phi) is 3.54. The number of para-hydroxylation sites is 3. The number of pyridine rings is 1. The van der Waals surface area contributed by atoms with Crippen molar-refractivity contribution in [2.24, 2.45) is 0 Å². The van der Waals surface area contributed by atoms with Crippen LogP contribution < -0.4 is 5.32 Å². The summed E-state index contributed by atoms with van der Waals surface area (Å²) in [4.78, 5) is 7.85. The molecule has 0 saturated carbocycles. The van der Waals surface area contributed by atoms with Crippen molar-refractivity contribution < 1.29 is 5.11 Å². The van der Waals surface area contributed by atoms with Gasteiger partial charge in [-0.1, -0.05) is 54.6 Å². The molecule has 0 aliphatic rings. The Morgan fingerprint density at radius 1 is 0.778 bits per heavy atom. The van der Waals surface area contributed by atoms with Crippen molar-refractivity contribution in [3.8, 4) is 17.1 Å². The maximum Gasteiger partial charge on any atom is 0.199 e. The lowest BCUT2D eigenvalue weighted by Gasteiger charge is -2.12. The van der Waals surface area contributed by atoms with E-state index in [4.69, 9.17) is 4.98 Å². The summed E-state index contributed by atoms with van der Waals surface area (Å²) in [6, 6.07) is 27.9. The fraction of sp³-hybridized carbons (Fsp3) is 0. The Morgan fingerprint density at radius 3 is 2.33 bits per heavy atom. The van der Waals surface area contributed by atoms with Gasteiger partial charge in [-0.3, -0.25) is 0 Å². The summed E-state index contributed by atoms with van der Waals surface area (Å²) in [6.45, 7) is 0. The molecule has 4 nitrogen and oxygen atoms in total. The fourth-order valence-electron chi connectivity index (χ4n) is 3.47. The highest BCUT2D eigenvalue weighted by atomic mass is 16.3. The summed E-state index contributed by atoms with van der Waals surface area (Å²) in [5.41, 5.74) is 5.15. The van der Waals surface area contributed by atoms with Crippen LogP contribution in [0.3, 0.4) is 0 Å². The fourth-order valence-corrected chi connectivity index (χ4v) is 3.47. The molecule has 0 radical (unpaired) electrons. The van der Waals surface area contributed by atoms with Crippen LogP contribution in [0.1, 0.15) is 0 Å². The smallest absolute Gasteiger partial charge is 0.199 e. The molecule has 2 aromatic heterocycles. The molecular formula is C23H17N3O. The molecule has 3 aromatic carbocycles. The van der Waals surface area contributed by atoms with E-state index in [0.717, 1.165) is 38.9 Å². The van der Waals surface area contributed by atoms with E-state index < -0.39 is 0 Å². The molecule has 27 heavy (non-hydrogen) atoms. The van der Waals surface area contributed by atoms with Crippen LogP contribution >= 0.6 is 0 Å². The van der Waals surface area contributed by atoms with E-state index in [0.29, 0.717) is 5.56 Å². The van der Waals surface area contributed by atoms with Crippen molar-refractivity contribution in [3.63, 3.8) is 0 Å². The average molecular weight is 351 g/mol. The van der Waals surface area contributed by atoms with Gasteiger partial charge >= 0.3 is 0 Å². The number of benzene rings is 3. The Bertz CT molecular complexity index is 1260. The van der Waals surface area contributed by atoms with Gasteiger partial charge < -0.3 is 15.4 Å². The van der Waals surface area contributed by atoms with Crippen LogP contribution in [0.25, 0.3) is 33.1 Å². The number of hydrogen-bond acceptors (Lipinski definition) is 3. The zero-order chi connectivity index (χ0) is 18.2. The van der Waals surface area contributed by atoms with Gasteiger partial charge in [0.25, 0.3) is 0 Å². The summed E-state index contributed by atoms with van der Waals surface area (Å²) in [5, 5.41) is 16.0. The third-order valence-electron chi connectivity index (χ3n) is 4.71. The summed E-state index contributed by atoms with van der Waals surface area (Å²) in [6.07, 6.45) is 0. The lowest BCUT2D eigenvalue weighted by atomic mass is 10.1. The highest BCUT2D eigenvalue weighted by Gasteiger charge is 2.16. The summed E-state index contributed by atoms with van der Waals surface area (Å²) < 4.78 is 0. The van der Waals surface area contributed by atoms with E-state index in [1.165, 1.54) is 0 Å². The van der Waals surface area contributed by atoms with E-state index >= 15 is 0 Å². The predicted molar refractivity (Wildman–Crippen MR) is 110 cm³/mol. The van der Waals surface area contributed by atoms with Crippen molar-refractivity contribution in [1.82, 2.24) is 9.97 Å². The van der Waals surface area contributed by atoms with Gasteiger partial charge in [-0.25, -0.2) is 4.98 Å². The Morgan fingerprint density at radius 2 is 1.48 bits per heavy atom. The minimum atomic E-state index is 0.129. The largest absolute Gasteiger partial charge is 0.494 e. The second kappa shape index (κ2) is 6.18. The van der Waals surface area contributed by atoms with Gasteiger partial charge in [0, 0.05) is 22.0 Å². The van der Waals surface area contributed by atoms with Gasteiger partial charge in [0.15, 0.2) is 5.88 Å². The number of anilines is 2. The van der Waals surface area contributed by atoms with Crippen LogP contribution in [0.2, 0.25) is 0 Å². The zero-order valence-corrected chi connectivity index (χ0v) is 14.5. The Labute approximate surface area is 156 Å². The van der Waals surface area contributed by atoms with Crippen molar-refractivity contribution in [1.29, 1.82) is 0 Å². The third-order valence-corrected chi connectivity index (χ3v) is 4.71. The molecule has 0 spiro atoms. The van der Waals surface area contributed by atoms with Crippen LogP contribution in [0.4, 0.5) is 11.4 Å². The zero-order valence-electron chi connectivity index (χ0n) is 14.5. The van der Waals surface area contributed by atoms with Gasteiger partial charge in [0.1, 0.15) is 0 Å². The molecule has 0 bridgehead atoms. The monoisotopic (exact) mass is 351 g/mol. The van der Waals surface area contributed by atoms with Crippen LogP contribution in [0, 0.1) is 0 Å². The summed E-state index contributed by atoms with van der Waals surface area (Å²) in [5.74, 6) is 0.129. The predicted octanol–water partition coefficient (Wildman–Crippen LogP) is 5.83. The minimum absolute atomic E-state index is 0.129. The maximum atomic E-state index is 10.5. The lowest BCUT2D eigenvalue weighted by Crippen LogP contribution is -1.94. The number of nitrogens with zero attached hydrogens (tertiary/aromatic N) is 1. The van der Waals surface area contributed by atoms with Gasteiger partial charge in [0.05, 0.1) is 22.5 Å². The molecule has 0 saturated heterocycles. The quantitative estimate of drug-likeness (QED) is 0.383. The topological polar surface area (TPSA) is 60.9 Å². The van der Waals surface area contributed by atoms with Gasteiger partial charge in [-0.2, -0.15) is 0 Å². The second-order valence-electron chi connectivity index (χ2n) is 6.46. The Balaban J connectivity index is 1.75. The molecule has 0 amide bonds. The second-order valence-corrected chi connectivity index (χ2v) is 6.46. The summed E-state index contributed by atoms with van der Waals surface area (Å²) >= 11 is 0. The van der Waals surface area contributed by atoms with Gasteiger partial charge in [-0.15, -0.1) is 0 Å². The van der Waals surface area contributed by atoms with Crippen molar-refractivity contribution in [2.75, 3.05) is 5.32 Å². The van der Waals surface area contributed by atoms with Crippen molar-refractivity contribution >= 4 is 33.2 Å². The molecular weight excluding hydrogens is 334 g/mol. The summed E-state index contributed by atoms with van der Waals surface area (Å²) in [7, 11) is 0. The lowest BCUT2D eigenvalue weighted by molar-refractivity contribution is 0.460. The molecule has 0 aliphatic heterocycles. The highest BCUT2D eigenvalue weighted by molar-refractivity contribution is 6.02. The molecule has 3 N–H and O–H groups in total. The van der Waals surface area contributed by atoms with E-state index in [2.05, 4.69) is 10.3 Å². The maximum absolute atomic E-state index is 10.5. The Hall–Kier alpha value is -3.79. The number of fused-ring (bicyclic) bond motifs is 2. The number of rotatable bonds is 3. The molecule has 2 heterocycles. The molecule has 0 unspecified atom stereocenters. The van der Waals surface area contributed by atoms with Crippen molar-refractivity contribution in [2.45, 2.75) is 0 Å². The van der Waals surface area contributed by atoms with E-state index in [1.54, 1.807) is 0 Å². The van der Waals surface area contributed by atoms with Crippen molar-refractivity contribution in [3.05, 3.63) is 84.9 Å². The number of aromatic nitrogens is 2. The van der Waals surface area contributed by atoms with E-state index in [9.17, 15) is 5.11 Å². The van der Waals surface area contributed by atoms with E-state index in [1.807, 2.05) is 84.9 Å². The van der Waals surface area contributed by atoms with E-state index in [-0.39, 0.29) is 5.88 Å². The standard InChI is InChI=1S/C23H17N3O/c27-23-22(17-11-5-7-13-19(17)26-23)21-14-20(24-15-8-2-1-3-9-15)16-10-4-6-12-18(16)25-21/h1-14,26-27H,(H,24,25). The number of aromatic amines is 1. The molecule has 4 heteroatoms. The number of aromatic hydroxyl groups is 1. The third kappa shape index (κ3) is 2.68. The van der Waals surface area contributed by atoms with Crippen LogP contribution in [-0.2, 0) is 0 Å². The SMILES string of the molecule is Oc1[nH]c2ccccc2c1-c1cc(Nc2ccccc2)c2ccccc2n1. The van der Waals surface area contributed by atoms with Gasteiger partial charge in [-0.05, 0) is 30.3 Å². The van der Waals surface area contributed by atoms with Gasteiger partial charge in [0.2, 0.25) is 0 Å². The first kappa shape index (κ1) is 15.5. The highest BCUT2D eigenvalue weighted by Crippen LogP contribution is 2.38. The molecule has 130 valence electrons. The first-order chi connectivity index (χ1) is 13.3. The number of hydrogen-bond donors (Lipinski definition) is 3. The molecule has 0 atom stereocenters. The molecule has 5 rings (SSSR count). The van der Waals surface area contributed by atoms with Crippen LogP contribution in [-0.4, -0.2) is 15.1 Å². The van der Waals surface area contributed by atoms with Crippen LogP contribution in [0.15, 0.2) is 84.9 Å². The normalized spacial score (nSPS) is 11.1. The molecule has 5 aromatic rings. The molecule has 0 fully saturated rings. The molecule has 0 aliphatic carbocycles.